The molecule has 3 aromatic carbocycles. The zero-order valence-electron chi connectivity index (χ0n) is 16.8. The van der Waals surface area contributed by atoms with E-state index in [1.165, 1.54) is 12.1 Å². The van der Waals surface area contributed by atoms with Crippen LogP contribution in [0.2, 0.25) is 0 Å². The number of rotatable bonds is 7. The number of carbonyl (C=O) groups is 2. The van der Waals surface area contributed by atoms with Crippen LogP contribution in [0.5, 0.6) is 5.75 Å². The maximum Gasteiger partial charge on any atom is 0.293 e. The second-order valence-electron chi connectivity index (χ2n) is 7.04. The van der Waals surface area contributed by atoms with Crippen molar-refractivity contribution in [3.63, 3.8) is 0 Å². The van der Waals surface area contributed by atoms with Crippen molar-refractivity contribution in [3.8, 4) is 5.75 Å². The molecule has 0 spiro atoms. The zero-order valence-corrected chi connectivity index (χ0v) is 17.7. The molecule has 1 saturated heterocycles. The van der Waals surface area contributed by atoms with Crippen molar-refractivity contribution >= 4 is 34.7 Å². The smallest absolute Gasteiger partial charge is 0.293 e. The SMILES string of the molecule is O=C1SC(=Cc2cccc(OCc3ccccc3)c2)C(=O)N1Cc1ccc([N+](=O)[O-])cc1. The minimum Gasteiger partial charge on any atom is -0.489 e. The lowest BCUT2D eigenvalue weighted by molar-refractivity contribution is -0.384. The van der Waals surface area contributed by atoms with Gasteiger partial charge in [-0.15, -0.1) is 0 Å². The number of nitrogens with zero attached hydrogens (tertiary/aromatic N) is 2. The molecule has 4 rings (SSSR count). The predicted octanol–water partition coefficient (Wildman–Crippen LogP) is 5.41. The van der Waals surface area contributed by atoms with Crippen LogP contribution in [0.15, 0.2) is 83.8 Å². The van der Waals surface area contributed by atoms with E-state index in [1.807, 2.05) is 54.6 Å². The van der Waals surface area contributed by atoms with Crippen molar-refractivity contribution in [3.05, 3.63) is 111 Å². The number of nitro groups is 1. The Balaban J connectivity index is 1.44. The number of amides is 2. The van der Waals surface area contributed by atoms with Gasteiger partial charge in [0.15, 0.2) is 0 Å². The molecule has 0 saturated carbocycles. The Bertz CT molecular complexity index is 1190. The molecule has 1 aliphatic rings. The van der Waals surface area contributed by atoms with Crippen LogP contribution < -0.4 is 4.74 Å². The Morgan fingerprint density at radius 1 is 0.938 bits per heavy atom. The highest BCUT2D eigenvalue weighted by atomic mass is 32.2. The first-order chi connectivity index (χ1) is 15.5. The van der Waals surface area contributed by atoms with Crippen LogP contribution in [-0.4, -0.2) is 21.0 Å². The summed E-state index contributed by atoms with van der Waals surface area (Å²) < 4.78 is 5.83. The van der Waals surface area contributed by atoms with Gasteiger partial charge in [-0.1, -0.05) is 54.6 Å². The van der Waals surface area contributed by atoms with E-state index in [4.69, 9.17) is 4.74 Å². The fourth-order valence-electron chi connectivity index (χ4n) is 3.13. The molecule has 1 heterocycles. The number of hydrogen-bond acceptors (Lipinski definition) is 6. The summed E-state index contributed by atoms with van der Waals surface area (Å²) in [5.74, 6) is 0.265. The Kier molecular flexibility index (Phi) is 6.32. The predicted molar refractivity (Wildman–Crippen MR) is 122 cm³/mol. The fraction of sp³-hybridized carbons (Fsp3) is 0.0833. The van der Waals surface area contributed by atoms with E-state index in [-0.39, 0.29) is 17.5 Å². The first-order valence-corrected chi connectivity index (χ1v) is 10.6. The lowest BCUT2D eigenvalue weighted by Gasteiger charge is -2.12. The quantitative estimate of drug-likeness (QED) is 0.274. The molecule has 7 nitrogen and oxygen atoms in total. The molecule has 0 N–H and O–H groups in total. The first-order valence-electron chi connectivity index (χ1n) is 9.75. The molecule has 0 aliphatic carbocycles. The normalized spacial score (nSPS) is 14.8. The molecule has 0 unspecified atom stereocenters. The Morgan fingerprint density at radius 3 is 2.41 bits per heavy atom. The number of carbonyl (C=O) groups excluding carboxylic acids is 2. The van der Waals surface area contributed by atoms with Gasteiger partial charge in [-0.25, -0.2) is 0 Å². The number of imide groups is 1. The lowest BCUT2D eigenvalue weighted by Crippen LogP contribution is -2.27. The van der Waals surface area contributed by atoms with Crippen LogP contribution in [0.4, 0.5) is 10.5 Å². The molecule has 32 heavy (non-hydrogen) atoms. The topological polar surface area (TPSA) is 89.8 Å². The van der Waals surface area contributed by atoms with E-state index in [1.54, 1.807) is 18.2 Å². The van der Waals surface area contributed by atoms with Crippen LogP contribution in [-0.2, 0) is 17.9 Å². The summed E-state index contributed by atoms with van der Waals surface area (Å²) in [5.41, 5.74) is 2.38. The number of non-ortho nitro benzene ring substituents is 1. The van der Waals surface area contributed by atoms with E-state index in [0.29, 0.717) is 22.8 Å². The minimum atomic E-state index is -0.496. The van der Waals surface area contributed by atoms with Crippen molar-refractivity contribution in [1.82, 2.24) is 4.90 Å². The Hall–Kier alpha value is -3.91. The Labute approximate surface area is 188 Å². The van der Waals surface area contributed by atoms with Crippen LogP contribution in [0.1, 0.15) is 16.7 Å². The van der Waals surface area contributed by atoms with Gasteiger partial charge in [-0.05, 0) is 46.7 Å². The summed E-state index contributed by atoms with van der Waals surface area (Å²) in [6.07, 6.45) is 1.66. The zero-order chi connectivity index (χ0) is 22.5. The largest absolute Gasteiger partial charge is 0.489 e. The highest BCUT2D eigenvalue weighted by molar-refractivity contribution is 8.18. The summed E-state index contributed by atoms with van der Waals surface area (Å²) in [5, 5.41) is 10.4. The molecule has 0 bridgehead atoms. The van der Waals surface area contributed by atoms with Gasteiger partial charge in [0.25, 0.3) is 16.8 Å². The standard InChI is InChI=1S/C24H18N2O5S/c27-23-22(32-24(28)25(23)15-17-9-11-20(12-10-17)26(29)30)14-19-7-4-8-21(13-19)31-16-18-5-2-1-3-6-18/h1-14H,15-16H2. The van der Waals surface area contributed by atoms with Crippen molar-refractivity contribution in [2.75, 3.05) is 0 Å². The summed E-state index contributed by atoms with van der Waals surface area (Å²) >= 11 is 0.869. The average Bonchev–Trinajstić information content (AvgIpc) is 3.06. The van der Waals surface area contributed by atoms with Crippen LogP contribution in [0, 0.1) is 10.1 Å². The number of ether oxygens (including phenoxy) is 1. The highest BCUT2D eigenvalue weighted by Gasteiger charge is 2.35. The summed E-state index contributed by atoms with van der Waals surface area (Å²) in [7, 11) is 0. The van der Waals surface area contributed by atoms with Crippen LogP contribution in [0.25, 0.3) is 6.08 Å². The van der Waals surface area contributed by atoms with E-state index >= 15 is 0 Å². The molecule has 1 aliphatic heterocycles. The van der Waals surface area contributed by atoms with Gasteiger partial charge < -0.3 is 4.74 Å². The molecule has 1 fully saturated rings. The molecule has 3 aromatic rings. The van der Waals surface area contributed by atoms with Crippen molar-refractivity contribution < 1.29 is 19.2 Å². The Morgan fingerprint density at radius 2 is 1.69 bits per heavy atom. The lowest BCUT2D eigenvalue weighted by atomic mass is 10.2. The summed E-state index contributed by atoms with van der Waals surface area (Å²) in [6, 6.07) is 22.9. The van der Waals surface area contributed by atoms with E-state index < -0.39 is 10.8 Å². The third-order valence-corrected chi connectivity index (χ3v) is 5.67. The van der Waals surface area contributed by atoms with Crippen LogP contribution >= 0.6 is 11.8 Å². The number of thioether (sulfide) groups is 1. The van der Waals surface area contributed by atoms with Gasteiger partial charge in [0.1, 0.15) is 12.4 Å². The summed E-state index contributed by atoms with van der Waals surface area (Å²) in [6.45, 7) is 0.482. The third kappa shape index (κ3) is 5.04. The maximum atomic E-state index is 12.8. The van der Waals surface area contributed by atoms with E-state index in [0.717, 1.165) is 27.8 Å². The van der Waals surface area contributed by atoms with Crippen LogP contribution in [0.3, 0.4) is 0 Å². The number of hydrogen-bond donors (Lipinski definition) is 0. The molecule has 0 radical (unpaired) electrons. The third-order valence-electron chi connectivity index (χ3n) is 4.77. The average molecular weight is 446 g/mol. The monoisotopic (exact) mass is 446 g/mol. The molecule has 8 heteroatoms. The van der Waals surface area contributed by atoms with E-state index in [9.17, 15) is 19.7 Å². The second kappa shape index (κ2) is 9.49. The van der Waals surface area contributed by atoms with Crippen molar-refractivity contribution in [1.29, 1.82) is 0 Å². The molecule has 0 aromatic heterocycles. The molecular formula is C24H18N2O5S. The maximum absolute atomic E-state index is 12.8. The fourth-order valence-corrected chi connectivity index (χ4v) is 3.97. The van der Waals surface area contributed by atoms with Gasteiger partial charge >= 0.3 is 0 Å². The molecule has 2 amide bonds. The van der Waals surface area contributed by atoms with Gasteiger partial charge in [0.2, 0.25) is 0 Å². The summed E-state index contributed by atoms with van der Waals surface area (Å²) in [4.78, 5) is 36.9. The minimum absolute atomic E-state index is 0.0443. The van der Waals surface area contributed by atoms with E-state index in [2.05, 4.69) is 0 Å². The van der Waals surface area contributed by atoms with Gasteiger partial charge in [-0.2, -0.15) is 0 Å². The molecule has 160 valence electrons. The number of nitro benzene ring substituents is 1. The van der Waals surface area contributed by atoms with Gasteiger partial charge in [-0.3, -0.25) is 24.6 Å². The first kappa shape index (κ1) is 21.3. The highest BCUT2D eigenvalue weighted by Crippen LogP contribution is 2.34. The van der Waals surface area contributed by atoms with Crippen molar-refractivity contribution in [2.45, 2.75) is 13.2 Å². The molecule has 0 atom stereocenters. The second-order valence-corrected chi connectivity index (χ2v) is 8.03. The number of benzene rings is 3. The van der Waals surface area contributed by atoms with Crippen molar-refractivity contribution in [2.24, 2.45) is 0 Å². The van der Waals surface area contributed by atoms with Gasteiger partial charge in [0.05, 0.1) is 16.4 Å². The molecular weight excluding hydrogens is 428 g/mol. The van der Waals surface area contributed by atoms with Gasteiger partial charge in [0, 0.05) is 12.1 Å².